The van der Waals surface area contributed by atoms with E-state index in [1.165, 1.54) is 0 Å². The van der Waals surface area contributed by atoms with Crippen molar-refractivity contribution in [3.8, 4) is 0 Å². The van der Waals surface area contributed by atoms with E-state index < -0.39 is 5.41 Å². The monoisotopic (exact) mass is 399 g/mol. The molecule has 0 aliphatic heterocycles. The third-order valence-electron chi connectivity index (χ3n) is 3.90. The summed E-state index contributed by atoms with van der Waals surface area (Å²) in [6.07, 6.45) is 3.44. The van der Waals surface area contributed by atoms with Crippen LogP contribution in [0.3, 0.4) is 0 Å². The van der Waals surface area contributed by atoms with Gasteiger partial charge in [-0.3, -0.25) is 9.78 Å². The topological polar surface area (TPSA) is 71.5 Å². The van der Waals surface area contributed by atoms with E-state index in [-0.39, 0.29) is 17.0 Å². The number of amides is 1. The molecule has 2 rings (SSSR count). The average Bonchev–Trinajstić information content (AvgIpc) is 2.66. The summed E-state index contributed by atoms with van der Waals surface area (Å²) in [5.74, 6) is -0.548. The Balaban J connectivity index is 2.28. The molecular formula is C21H25N3O3S. The quantitative estimate of drug-likeness (QED) is 0.610. The van der Waals surface area contributed by atoms with Crippen LogP contribution in [-0.4, -0.2) is 28.6 Å². The van der Waals surface area contributed by atoms with Gasteiger partial charge in [-0.05, 0) is 55.0 Å². The molecule has 0 atom stereocenters. The summed E-state index contributed by atoms with van der Waals surface area (Å²) in [5, 5.41) is 3.09. The third kappa shape index (κ3) is 5.85. The van der Waals surface area contributed by atoms with E-state index in [0.29, 0.717) is 18.7 Å². The van der Waals surface area contributed by atoms with Crippen molar-refractivity contribution in [1.82, 2.24) is 10.3 Å². The Kier molecular flexibility index (Phi) is 7.23. The number of nitrogens with zero attached hydrogens (tertiary/aromatic N) is 2. The highest BCUT2D eigenvalue weighted by atomic mass is 32.1. The van der Waals surface area contributed by atoms with E-state index >= 15 is 0 Å². The number of esters is 1. The summed E-state index contributed by atoms with van der Waals surface area (Å²) in [4.78, 5) is 30.2. The second-order valence-electron chi connectivity index (χ2n) is 7.22. The minimum atomic E-state index is -0.572. The Morgan fingerprint density at radius 1 is 1.18 bits per heavy atom. The number of carbonyl (C=O) groups excluding carboxylic acids is 2. The Morgan fingerprint density at radius 2 is 1.86 bits per heavy atom. The second kappa shape index (κ2) is 9.41. The van der Waals surface area contributed by atoms with Crippen LogP contribution in [0.15, 0.2) is 48.8 Å². The molecule has 1 N–H and O–H groups in total. The molecule has 6 nitrogen and oxygen atoms in total. The SMILES string of the molecule is CCOC(=O)c1ccc(N(Cc2cccnc2)C(=S)NC(=O)C(C)(C)C)cc1. The predicted octanol–water partition coefficient (Wildman–Crippen LogP) is 3.71. The van der Waals surface area contributed by atoms with Crippen molar-refractivity contribution in [2.45, 2.75) is 34.2 Å². The number of anilines is 1. The first-order chi connectivity index (χ1) is 13.2. The first-order valence-corrected chi connectivity index (χ1v) is 9.42. The fourth-order valence-corrected chi connectivity index (χ4v) is 2.56. The minimum absolute atomic E-state index is 0.170. The molecule has 2 aromatic rings. The van der Waals surface area contributed by atoms with Crippen LogP contribution in [0.2, 0.25) is 0 Å². The molecule has 148 valence electrons. The van der Waals surface area contributed by atoms with Gasteiger partial charge in [-0.1, -0.05) is 26.8 Å². The number of ether oxygens (including phenoxy) is 1. The Bertz CT molecular complexity index is 830. The molecule has 1 amide bonds. The highest BCUT2D eigenvalue weighted by Crippen LogP contribution is 2.20. The highest BCUT2D eigenvalue weighted by Gasteiger charge is 2.24. The minimum Gasteiger partial charge on any atom is -0.462 e. The number of rotatable bonds is 5. The maximum absolute atomic E-state index is 12.4. The molecular weight excluding hydrogens is 374 g/mol. The number of hydrogen-bond donors (Lipinski definition) is 1. The van der Waals surface area contributed by atoms with Crippen molar-refractivity contribution >= 4 is 34.9 Å². The molecule has 1 aromatic carbocycles. The van der Waals surface area contributed by atoms with Crippen LogP contribution in [0.1, 0.15) is 43.6 Å². The van der Waals surface area contributed by atoms with E-state index in [9.17, 15) is 9.59 Å². The fourth-order valence-electron chi connectivity index (χ4n) is 2.30. The summed E-state index contributed by atoms with van der Waals surface area (Å²) in [6, 6.07) is 10.7. The summed E-state index contributed by atoms with van der Waals surface area (Å²) < 4.78 is 5.02. The van der Waals surface area contributed by atoms with Gasteiger partial charge in [0.2, 0.25) is 5.91 Å². The van der Waals surface area contributed by atoms with Crippen molar-refractivity contribution in [2.75, 3.05) is 11.5 Å². The van der Waals surface area contributed by atoms with Gasteiger partial charge in [0, 0.05) is 23.5 Å². The number of carbonyl (C=O) groups is 2. The molecule has 0 spiro atoms. The van der Waals surface area contributed by atoms with Gasteiger partial charge in [-0.25, -0.2) is 4.79 Å². The second-order valence-corrected chi connectivity index (χ2v) is 7.61. The smallest absolute Gasteiger partial charge is 0.338 e. The van der Waals surface area contributed by atoms with Crippen LogP contribution in [-0.2, 0) is 16.1 Å². The van der Waals surface area contributed by atoms with E-state index in [1.54, 1.807) is 48.5 Å². The maximum atomic E-state index is 12.4. The van der Waals surface area contributed by atoms with Gasteiger partial charge in [-0.15, -0.1) is 0 Å². The summed E-state index contributed by atoms with van der Waals surface area (Å²) >= 11 is 5.51. The highest BCUT2D eigenvalue weighted by molar-refractivity contribution is 7.80. The number of pyridine rings is 1. The summed E-state index contributed by atoms with van der Waals surface area (Å²) in [7, 11) is 0. The number of benzene rings is 1. The lowest BCUT2D eigenvalue weighted by Crippen LogP contribution is -2.46. The van der Waals surface area contributed by atoms with Gasteiger partial charge in [0.05, 0.1) is 18.7 Å². The molecule has 0 radical (unpaired) electrons. The van der Waals surface area contributed by atoms with Crippen LogP contribution in [0.5, 0.6) is 0 Å². The van der Waals surface area contributed by atoms with E-state index in [4.69, 9.17) is 17.0 Å². The number of aromatic nitrogens is 1. The number of nitrogens with one attached hydrogen (secondary N) is 1. The number of hydrogen-bond acceptors (Lipinski definition) is 5. The van der Waals surface area contributed by atoms with Crippen LogP contribution in [0, 0.1) is 5.41 Å². The molecule has 0 saturated carbocycles. The largest absolute Gasteiger partial charge is 0.462 e. The zero-order chi connectivity index (χ0) is 20.7. The van der Waals surface area contributed by atoms with Crippen molar-refractivity contribution in [1.29, 1.82) is 0 Å². The van der Waals surface area contributed by atoms with Crippen molar-refractivity contribution in [3.05, 3.63) is 59.9 Å². The van der Waals surface area contributed by atoms with Crippen molar-refractivity contribution in [3.63, 3.8) is 0 Å². The molecule has 1 aromatic heterocycles. The number of thiocarbonyl (C=S) groups is 1. The first-order valence-electron chi connectivity index (χ1n) is 9.01. The van der Waals surface area contributed by atoms with Crippen molar-refractivity contribution in [2.24, 2.45) is 5.41 Å². The molecule has 0 aliphatic carbocycles. The average molecular weight is 400 g/mol. The molecule has 0 fully saturated rings. The molecule has 1 heterocycles. The third-order valence-corrected chi connectivity index (χ3v) is 4.22. The van der Waals surface area contributed by atoms with Gasteiger partial charge < -0.3 is 15.0 Å². The lowest BCUT2D eigenvalue weighted by atomic mass is 9.96. The van der Waals surface area contributed by atoms with Crippen molar-refractivity contribution < 1.29 is 14.3 Å². The molecule has 0 bridgehead atoms. The van der Waals surface area contributed by atoms with Gasteiger partial charge in [0.1, 0.15) is 0 Å². The normalized spacial score (nSPS) is 10.9. The Labute approximate surface area is 170 Å². The zero-order valence-electron chi connectivity index (χ0n) is 16.6. The Hall–Kier alpha value is -2.80. The molecule has 0 unspecified atom stereocenters. The van der Waals surface area contributed by atoms with E-state index in [1.807, 2.05) is 32.9 Å². The standard InChI is InChI=1S/C21H25N3O3S/c1-5-27-18(25)16-8-10-17(11-9-16)24(14-15-7-6-12-22-13-15)20(28)23-19(26)21(2,3)4/h6-13H,5,14H2,1-4H3,(H,23,26,28). The maximum Gasteiger partial charge on any atom is 0.338 e. The van der Waals surface area contributed by atoms with Crippen LogP contribution >= 0.6 is 12.2 Å². The lowest BCUT2D eigenvalue weighted by molar-refractivity contribution is -0.126. The fraction of sp³-hybridized carbons (Fsp3) is 0.333. The predicted molar refractivity (Wildman–Crippen MR) is 113 cm³/mol. The molecule has 0 saturated heterocycles. The van der Waals surface area contributed by atoms with Crippen LogP contribution in [0.4, 0.5) is 5.69 Å². The molecule has 28 heavy (non-hydrogen) atoms. The van der Waals surface area contributed by atoms with Gasteiger partial charge in [0.15, 0.2) is 5.11 Å². The molecule has 0 aliphatic rings. The van der Waals surface area contributed by atoms with Crippen LogP contribution in [0.25, 0.3) is 0 Å². The van der Waals surface area contributed by atoms with Gasteiger partial charge in [0.25, 0.3) is 0 Å². The first kappa shape index (κ1) is 21.5. The van der Waals surface area contributed by atoms with E-state index in [0.717, 1.165) is 11.3 Å². The summed E-state index contributed by atoms with van der Waals surface area (Å²) in [6.45, 7) is 7.98. The van der Waals surface area contributed by atoms with Crippen LogP contribution < -0.4 is 10.2 Å². The Morgan fingerprint density at radius 3 is 2.39 bits per heavy atom. The van der Waals surface area contributed by atoms with Gasteiger partial charge >= 0.3 is 5.97 Å². The zero-order valence-corrected chi connectivity index (χ0v) is 17.4. The van der Waals surface area contributed by atoms with Gasteiger partial charge in [-0.2, -0.15) is 0 Å². The lowest BCUT2D eigenvalue weighted by Gasteiger charge is -2.28. The van der Waals surface area contributed by atoms with E-state index in [2.05, 4.69) is 10.3 Å². The summed E-state index contributed by atoms with van der Waals surface area (Å²) in [5.41, 5.74) is 1.56. The molecule has 7 heteroatoms.